The molecule has 0 saturated carbocycles. The molecule has 0 amide bonds. The molecule has 2 N–H and O–H groups in total. The molecule has 110 valence electrons. The summed E-state index contributed by atoms with van der Waals surface area (Å²) in [6.45, 7) is 5.57. The molecule has 2 aromatic rings. The number of carbonyl (C=O) groups is 1. The molecule has 0 aliphatic heterocycles. The van der Waals surface area contributed by atoms with E-state index >= 15 is 0 Å². The summed E-state index contributed by atoms with van der Waals surface area (Å²) in [5.74, 6) is -1.31. The Bertz CT molecular complexity index is 778. The Balaban J connectivity index is 2.42. The number of hydrogen-bond donors (Lipinski definition) is 2. The SMILES string of the molecule is CC(C)(C)/C(C(=O)O)=C1/CCc2c[nH]c3ccc(F)c1c23. The van der Waals surface area contributed by atoms with Crippen LogP contribution in [0.3, 0.4) is 0 Å². The van der Waals surface area contributed by atoms with Gasteiger partial charge in [-0.15, -0.1) is 0 Å². The molecule has 0 saturated heterocycles. The predicted molar refractivity (Wildman–Crippen MR) is 80.6 cm³/mol. The lowest BCUT2D eigenvalue weighted by atomic mass is 9.77. The third-order valence-corrected chi connectivity index (χ3v) is 4.09. The van der Waals surface area contributed by atoms with Crippen molar-refractivity contribution < 1.29 is 14.3 Å². The molecule has 4 heteroatoms. The van der Waals surface area contributed by atoms with Crippen molar-refractivity contribution in [1.29, 1.82) is 0 Å². The van der Waals surface area contributed by atoms with E-state index in [-0.39, 0.29) is 5.82 Å². The summed E-state index contributed by atoms with van der Waals surface area (Å²) in [6.07, 6.45) is 3.18. The molecule has 0 radical (unpaired) electrons. The largest absolute Gasteiger partial charge is 0.478 e. The van der Waals surface area contributed by atoms with Gasteiger partial charge < -0.3 is 10.1 Å². The van der Waals surface area contributed by atoms with Crippen molar-refractivity contribution in [2.45, 2.75) is 33.6 Å². The average Bonchev–Trinajstić information content (AvgIpc) is 2.77. The molecule has 3 rings (SSSR count). The molecular weight excluding hydrogens is 269 g/mol. The maximum Gasteiger partial charge on any atom is 0.332 e. The lowest BCUT2D eigenvalue weighted by Crippen LogP contribution is -2.21. The van der Waals surface area contributed by atoms with E-state index in [4.69, 9.17) is 0 Å². The molecule has 1 aromatic carbocycles. The van der Waals surface area contributed by atoms with E-state index in [0.29, 0.717) is 23.1 Å². The number of nitrogens with one attached hydrogen (secondary N) is 1. The molecule has 0 atom stereocenters. The smallest absolute Gasteiger partial charge is 0.332 e. The zero-order chi connectivity index (χ0) is 15.4. The highest BCUT2D eigenvalue weighted by molar-refractivity contribution is 6.04. The molecule has 1 aromatic heterocycles. The van der Waals surface area contributed by atoms with Gasteiger partial charge in [0.25, 0.3) is 0 Å². The molecule has 1 heterocycles. The summed E-state index contributed by atoms with van der Waals surface area (Å²) in [7, 11) is 0. The van der Waals surface area contributed by atoms with Crippen molar-refractivity contribution in [1.82, 2.24) is 4.98 Å². The average molecular weight is 287 g/mol. The van der Waals surface area contributed by atoms with Crippen LogP contribution in [0.1, 0.15) is 38.3 Å². The second-order valence-electron chi connectivity index (χ2n) is 6.57. The Morgan fingerprint density at radius 2 is 2.00 bits per heavy atom. The van der Waals surface area contributed by atoms with E-state index in [9.17, 15) is 14.3 Å². The molecule has 1 aliphatic rings. The zero-order valence-corrected chi connectivity index (χ0v) is 12.4. The second-order valence-corrected chi connectivity index (χ2v) is 6.57. The molecular formula is C17H18FNO2. The molecule has 0 fully saturated rings. The van der Waals surface area contributed by atoms with Gasteiger partial charge in [0.2, 0.25) is 0 Å². The number of H-pyrrole nitrogens is 1. The molecule has 1 aliphatic carbocycles. The minimum Gasteiger partial charge on any atom is -0.478 e. The van der Waals surface area contributed by atoms with Gasteiger partial charge in [-0.05, 0) is 41.5 Å². The Kier molecular flexibility index (Phi) is 2.94. The van der Waals surface area contributed by atoms with E-state index in [1.54, 1.807) is 6.07 Å². The number of carboxylic acids is 1. The summed E-state index contributed by atoms with van der Waals surface area (Å²) in [6, 6.07) is 3.11. The normalized spacial score (nSPS) is 17.1. The number of aromatic amines is 1. The van der Waals surface area contributed by atoms with Crippen LogP contribution in [0.25, 0.3) is 16.5 Å². The van der Waals surface area contributed by atoms with Crippen LogP contribution < -0.4 is 0 Å². The number of halogens is 1. The first-order chi connectivity index (χ1) is 9.80. The summed E-state index contributed by atoms with van der Waals surface area (Å²) in [5, 5.41) is 10.5. The van der Waals surface area contributed by atoms with Crippen molar-refractivity contribution in [3.8, 4) is 0 Å². The summed E-state index contributed by atoms with van der Waals surface area (Å²) >= 11 is 0. The molecule has 0 spiro atoms. The van der Waals surface area contributed by atoms with Crippen LogP contribution in [-0.2, 0) is 11.2 Å². The minimum atomic E-state index is -0.965. The van der Waals surface area contributed by atoms with Gasteiger partial charge in [0.15, 0.2) is 0 Å². The van der Waals surface area contributed by atoms with Gasteiger partial charge in [0.05, 0.1) is 0 Å². The monoisotopic (exact) mass is 287 g/mol. The Hall–Kier alpha value is -2.10. The highest BCUT2D eigenvalue weighted by Gasteiger charge is 2.32. The first-order valence-corrected chi connectivity index (χ1v) is 7.06. The molecule has 0 bridgehead atoms. The fraction of sp³-hybridized carbons (Fsp3) is 0.353. The highest BCUT2D eigenvalue weighted by atomic mass is 19.1. The van der Waals surface area contributed by atoms with E-state index < -0.39 is 11.4 Å². The fourth-order valence-corrected chi connectivity index (χ4v) is 3.30. The maximum absolute atomic E-state index is 14.4. The topological polar surface area (TPSA) is 53.1 Å². The number of aryl methyl sites for hydroxylation is 1. The van der Waals surface area contributed by atoms with Crippen LogP contribution in [0, 0.1) is 11.2 Å². The lowest BCUT2D eigenvalue weighted by molar-refractivity contribution is -0.133. The molecule has 3 nitrogen and oxygen atoms in total. The highest BCUT2D eigenvalue weighted by Crippen LogP contribution is 2.43. The van der Waals surface area contributed by atoms with Crippen molar-refractivity contribution >= 4 is 22.4 Å². The standard InChI is InChI=1S/C17H18FNO2/c1-17(2,3)15(16(20)21)10-5-4-9-8-19-12-7-6-11(18)14(10)13(9)12/h6-8,19H,4-5H2,1-3H3,(H,20,21)/b15-10-. The van der Waals surface area contributed by atoms with E-state index in [1.165, 1.54) is 6.07 Å². The number of hydrogen-bond acceptors (Lipinski definition) is 1. The number of aliphatic carboxylic acids is 1. The third-order valence-electron chi connectivity index (χ3n) is 4.09. The fourth-order valence-electron chi connectivity index (χ4n) is 3.30. The van der Waals surface area contributed by atoms with E-state index in [0.717, 1.165) is 22.9 Å². The van der Waals surface area contributed by atoms with Gasteiger partial charge in [-0.25, -0.2) is 9.18 Å². The first kappa shape index (κ1) is 13.9. The van der Waals surface area contributed by atoms with Crippen LogP contribution in [0.5, 0.6) is 0 Å². The van der Waals surface area contributed by atoms with Crippen LogP contribution in [0.15, 0.2) is 23.9 Å². The van der Waals surface area contributed by atoms with E-state index in [2.05, 4.69) is 4.98 Å². The maximum atomic E-state index is 14.4. The van der Waals surface area contributed by atoms with Crippen molar-refractivity contribution in [3.63, 3.8) is 0 Å². The number of allylic oxidation sites excluding steroid dienone is 1. The van der Waals surface area contributed by atoms with Crippen molar-refractivity contribution in [2.75, 3.05) is 0 Å². The van der Waals surface area contributed by atoms with Gasteiger partial charge >= 0.3 is 5.97 Å². The predicted octanol–water partition coefficient (Wildman–Crippen LogP) is 4.14. The molecule has 21 heavy (non-hydrogen) atoms. The van der Waals surface area contributed by atoms with Crippen molar-refractivity contribution in [2.24, 2.45) is 5.41 Å². The Morgan fingerprint density at radius 1 is 1.29 bits per heavy atom. The van der Waals surface area contributed by atoms with Crippen LogP contribution in [-0.4, -0.2) is 16.1 Å². The summed E-state index contributed by atoms with van der Waals surface area (Å²) in [5.41, 5.74) is 2.77. The Morgan fingerprint density at radius 3 is 2.62 bits per heavy atom. The summed E-state index contributed by atoms with van der Waals surface area (Å²) < 4.78 is 14.4. The van der Waals surface area contributed by atoms with Crippen LogP contribution in [0.4, 0.5) is 4.39 Å². The number of benzene rings is 1. The second kappa shape index (κ2) is 4.45. The minimum absolute atomic E-state index is 0.306. The molecule has 0 unspecified atom stereocenters. The number of aromatic nitrogens is 1. The quantitative estimate of drug-likeness (QED) is 0.775. The van der Waals surface area contributed by atoms with Gasteiger partial charge in [-0.3, -0.25) is 0 Å². The zero-order valence-electron chi connectivity index (χ0n) is 12.4. The van der Waals surface area contributed by atoms with Crippen LogP contribution >= 0.6 is 0 Å². The van der Waals surface area contributed by atoms with Crippen LogP contribution in [0.2, 0.25) is 0 Å². The van der Waals surface area contributed by atoms with Gasteiger partial charge in [-0.1, -0.05) is 20.8 Å². The Labute approximate surface area is 122 Å². The number of rotatable bonds is 1. The van der Waals surface area contributed by atoms with E-state index in [1.807, 2.05) is 27.0 Å². The van der Waals surface area contributed by atoms with Gasteiger partial charge in [0, 0.05) is 28.2 Å². The summed E-state index contributed by atoms with van der Waals surface area (Å²) in [4.78, 5) is 14.9. The first-order valence-electron chi connectivity index (χ1n) is 7.06. The van der Waals surface area contributed by atoms with Crippen molar-refractivity contribution in [3.05, 3.63) is 40.8 Å². The third kappa shape index (κ3) is 2.06. The number of carboxylic acid groups (broad SMARTS) is 1. The van der Waals surface area contributed by atoms with Gasteiger partial charge in [0.1, 0.15) is 5.82 Å². The van der Waals surface area contributed by atoms with Gasteiger partial charge in [-0.2, -0.15) is 0 Å². The lowest BCUT2D eigenvalue weighted by Gasteiger charge is -2.27.